The number of benzene rings is 1. The molecule has 3 aromatic heterocycles. The summed E-state index contributed by atoms with van der Waals surface area (Å²) in [6.45, 7) is 4.07. The molecule has 5 rings (SSSR count). The summed E-state index contributed by atoms with van der Waals surface area (Å²) in [6, 6.07) is 7.53. The van der Waals surface area contributed by atoms with Gasteiger partial charge in [-0.1, -0.05) is 11.8 Å². The number of anilines is 1. The minimum Gasteiger partial charge on any atom is -0.461 e. The Morgan fingerprint density at radius 3 is 2.74 bits per heavy atom. The fourth-order valence-electron chi connectivity index (χ4n) is 3.51. The van der Waals surface area contributed by atoms with E-state index in [1.54, 1.807) is 6.92 Å². The summed E-state index contributed by atoms with van der Waals surface area (Å²) >= 11 is 1.36. The maximum absolute atomic E-state index is 11.9. The number of fused-ring (bicyclic) bond motifs is 2. The van der Waals surface area contributed by atoms with Crippen LogP contribution in [0.2, 0.25) is 0 Å². The lowest BCUT2D eigenvalue weighted by Gasteiger charge is -2.12. The quantitative estimate of drug-likeness (QED) is 0.368. The topological polar surface area (TPSA) is 147 Å². The van der Waals surface area contributed by atoms with Gasteiger partial charge in [-0.25, -0.2) is 28.1 Å². The summed E-state index contributed by atoms with van der Waals surface area (Å²) in [7, 11) is -3.34. The summed E-state index contributed by atoms with van der Waals surface area (Å²) < 4.78 is 45.2. The number of aromatic nitrogens is 4. The summed E-state index contributed by atoms with van der Waals surface area (Å²) in [6.07, 6.45) is 1.36. The third-order valence-corrected chi connectivity index (χ3v) is 7.70. The van der Waals surface area contributed by atoms with E-state index >= 15 is 0 Å². The molecule has 0 aliphatic carbocycles. The number of furan rings is 1. The minimum absolute atomic E-state index is 0.00246. The number of imidazole rings is 1. The Hall–Kier alpha value is -3.29. The van der Waals surface area contributed by atoms with Crippen LogP contribution < -0.4 is 19.9 Å². The van der Waals surface area contributed by atoms with Crippen LogP contribution in [0.25, 0.3) is 22.5 Å². The van der Waals surface area contributed by atoms with Gasteiger partial charge in [-0.05, 0) is 38.1 Å². The van der Waals surface area contributed by atoms with Crippen molar-refractivity contribution in [2.75, 3.05) is 24.8 Å². The minimum atomic E-state index is -3.34. The summed E-state index contributed by atoms with van der Waals surface area (Å²) in [4.78, 5) is 13.9. The molecule has 1 aliphatic heterocycles. The fourth-order valence-corrected chi connectivity index (χ4v) is 5.17. The number of nitrogens with zero attached hydrogens (tertiary/aromatic N) is 4. The van der Waals surface area contributed by atoms with E-state index in [1.807, 2.05) is 35.8 Å². The Morgan fingerprint density at radius 1 is 1.21 bits per heavy atom. The highest BCUT2D eigenvalue weighted by Crippen LogP contribution is 2.45. The molecule has 0 amide bonds. The van der Waals surface area contributed by atoms with Gasteiger partial charge in [-0.15, -0.1) is 0 Å². The third-order valence-electron chi connectivity index (χ3n) is 5.24. The van der Waals surface area contributed by atoms with E-state index in [4.69, 9.17) is 19.6 Å². The lowest BCUT2D eigenvalue weighted by molar-refractivity contribution is 0.174. The first-order valence-electron chi connectivity index (χ1n) is 10.5. The zero-order chi connectivity index (χ0) is 23.9. The molecular weight excluding hydrogens is 480 g/mol. The molecule has 0 atom stereocenters. The molecule has 0 unspecified atom stereocenters. The molecule has 4 heterocycles. The van der Waals surface area contributed by atoms with Crippen LogP contribution in [-0.4, -0.2) is 47.0 Å². The number of nitrogens with one attached hydrogen (secondary N) is 1. The highest BCUT2D eigenvalue weighted by atomic mass is 32.2. The zero-order valence-corrected chi connectivity index (χ0v) is 20.1. The van der Waals surface area contributed by atoms with Gasteiger partial charge in [-0.2, -0.15) is 0 Å². The van der Waals surface area contributed by atoms with E-state index < -0.39 is 10.0 Å². The second kappa shape index (κ2) is 8.81. The molecule has 0 bridgehead atoms. The monoisotopic (exact) mass is 502 g/mol. The molecule has 0 radical (unpaired) electrons. The Balaban J connectivity index is 1.57. The van der Waals surface area contributed by atoms with Gasteiger partial charge in [0.15, 0.2) is 33.6 Å². The molecule has 0 saturated carbocycles. The molecule has 11 nitrogen and oxygen atoms in total. The number of ether oxygens (including phenoxy) is 2. The Labute approximate surface area is 199 Å². The zero-order valence-electron chi connectivity index (χ0n) is 18.4. The van der Waals surface area contributed by atoms with E-state index in [1.165, 1.54) is 18.1 Å². The first kappa shape index (κ1) is 22.5. The number of nitrogens with two attached hydrogens (primary N) is 1. The number of rotatable bonds is 8. The van der Waals surface area contributed by atoms with E-state index in [-0.39, 0.29) is 24.9 Å². The molecular formula is C21H22N6O5S2. The molecule has 3 N–H and O–H groups in total. The molecule has 4 aromatic rings. The van der Waals surface area contributed by atoms with Crippen molar-refractivity contribution in [1.82, 2.24) is 24.2 Å². The smallest absolute Gasteiger partial charge is 0.231 e. The van der Waals surface area contributed by atoms with Gasteiger partial charge in [0.25, 0.3) is 0 Å². The van der Waals surface area contributed by atoms with E-state index in [0.717, 1.165) is 16.2 Å². The summed E-state index contributed by atoms with van der Waals surface area (Å²) in [5.74, 6) is 2.95. The van der Waals surface area contributed by atoms with Crippen LogP contribution in [0.1, 0.15) is 12.7 Å². The number of nitrogen functional groups attached to an aromatic ring is 1. The predicted molar refractivity (Wildman–Crippen MR) is 126 cm³/mol. The van der Waals surface area contributed by atoms with Crippen LogP contribution in [0.15, 0.2) is 45.1 Å². The average molecular weight is 503 g/mol. The van der Waals surface area contributed by atoms with Crippen LogP contribution >= 0.6 is 11.8 Å². The van der Waals surface area contributed by atoms with Crippen molar-refractivity contribution in [3.63, 3.8) is 0 Å². The molecule has 34 heavy (non-hydrogen) atoms. The van der Waals surface area contributed by atoms with Crippen LogP contribution in [0, 0.1) is 6.92 Å². The van der Waals surface area contributed by atoms with Crippen molar-refractivity contribution in [3.05, 3.63) is 36.4 Å². The molecule has 0 fully saturated rings. The maximum Gasteiger partial charge on any atom is 0.231 e. The lowest BCUT2D eigenvalue weighted by Crippen LogP contribution is -2.28. The SMILES string of the molecule is CCS(=O)(=O)NCCn1c(Sc2cc3c(cc2-c2ccc(C)o2)OCO3)nc2c(N)ncnc21. The Bertz CT molecular complexity index is 1480. The largest absolute Gasteiger partial charge is 0.461 e. The second-order valence-electron chi connectivity index (χ2n) is 7.49. The van der Waals surface area contributed by atoms with Crippen molar-refractivity contribution in [2.45, 2.75) is 30.4 Å². The van der Waals surface area contributed by atoms with Gasteiger partial charge in [0.1, 0.15) is 17.8 Å². The summed E-state index contributed by atoms with van der Waals surface area (Å²) in [5, 5.41) is 0.571. The van der Waals surface area contributed by atoms with Crippen molar-refractivity contribution in [1.29, 1.82) is 0 Å². The highest BCUT2D eigenvalue weighted by Gasteiger charge is 2.23. The van der Waals surface area contributed by atoms with Gasteiger partial charge < -0.3 is 24.2 Å². The first-order valence-corrected chi connectivity index (χ1v) is 12.9. The number of hydrogen-bond donors (Lipinski definition) is 2. The van der Waals surface area contributed by atoms with Gasteiger partial charge in [0.2, 0.25) is 16.8 Å². The number of hydrogen-bond acceptors (Lipinski definition) is 10. The molecule has 13 heteroatoms. The van der Waals surface area contributed by atoms with E-state index in [2.05, 4.69) is 19.7 Å². The Kier molecular flexibility index (Phi) is 5.83. The van der Waals surface area contributed by atoms with Gasteiger partial charge >= 0.3 is 0 Å². The molecule has 0 saturated heterocycles. The van der Waals surface area contributed by atoms with Crippen molar-refractivity contribution >= 4 is 38.8 Å². The molecule has 0 spiro atoms. The van der Waals surface area contributed by atoms with Crippen molar-refractivity contribution < 1.29 is 22.3 Å². The number of sulfonamides is 1. The molecule has 178 valence electrons. The van der Waals surface area contributed by atoms with Gasteiger partial charge in [-0.3, -0.25) is 0 Å². The van der Waals surface area contributed by atoms with Crippen LogP contribution in [0.5, 0.6) is 11.5 Å². The van der Waals surface area contributed by atoms with Gasteiger partial charge in [0.05, 0.1) is 5.75 Å². The third kappa shape index (κ3) is 4.29. The Morgan fingerprint density at radius 2 is 2.00 bits per heavy atom. The molecule has 1 aromatic carbocycles. The second-order valence-corrected chi connectivity index (χ2v) is 10.6. The maximum atomic E-state index is 11.9. The normalized spacial score (nSPS) is 13.1. The van der Waals surface area contributed by atoms with Crippen LogP contribution in [0.4, 0.5) is 5.82 Å². The number of aryl methyl sites for hydroxylation is 1. The van der Waals surface area contributed by atoms with Crippen molar-refractivity contribution in [2.24, 2.45) is 0 Å². The average Bonchev–Trinajstić information content (AvgIpc) is 3.53. The predicted octanol–water partition coefficient (Wildman–Crippen LogP) is 2.80. The first-order chi connectivity index (χ1) is 16.3. The van der Waals surface area contributed by atoms with E-state index in [9.17, 15) is 8.42 Å². The van der Waals surface area contributed by atoms with Crippen LogP contribution in [-0.2, 0) is 16.6 Å². The standard InChI is InChI=1S/C21H22N6O5S2/c1-3-34(28,29)25-6-7-27-20-18(19(22)23-10-24-20)26-21(27)33-17-9-16-15(30-11-31-16)8-13(17)14-5-4-12(2)32-14/h4-5,8-10,25H,3,6-7,11H2,1-2H3,(H2,22,23,24). The summed E-state index contributed by atoms with van der Waals surface area (Å²) in [5.41, 5.74) is 7.82. The molecule has 1 aliphatic rings. The fraction of sp³-hybridized carbons (Fsp3) is 0.286. The lowest BCUT2D eigenvalue weighted by atomic mass is 10.1. The van der Waals surface area contributed by atoms with Crippen LogP contribution in [0.3, 0.4) is 0 Å². The highest BCUT2D eigenvalue weighted by molar-refractivity contribution is 7.99. The van der Waals surface area contributed by atoms with E-state index in [0.29, 0.717) is 40.1 Å². The van der Waals surface area contributed by atoms with Gasteiger partial charge in [0, 0.05) is 23.5 Å². The van der Waals surface area contributed by atoms with Crippen molar-refractivity contribution in [3.8, 4) is 22.8 Å².